The van der Waals surface area contributed by atoms with Crippen LogP contribution in [-0.2, 0) is 4.79 Å². The van der Waals surface area contributed by atoms with Gasteiger partial charge in [0, 0.05) is 5.56 Å². The monoisotopic (exact) mass is 468 g/mol. The number of halogens is 2. The molecular formula is C25H22Cl2N2O3. The first-order valence-corrected chi connectivity index (χ1v) is 10.8. The summed E-state index contributed by atoms with van der Waals surface area (Å²) >= 11 is 12.6. The van der Waals surface area contributed by atoms with Gasteiger partial charge in [0.2, 0.25) is 5.89 Å². The highest BCUT2D eigenvalue weighted by molar-refractivity contribution is 6.34. The lowest BCUT2D eigenvalue weighted by Crippen LogP contribution is -2.20. The molecule has 164 valence electrons. The first kappa shape index (κ1) is 22.2. The van der Waals surface area contributed by atoms with E-state index in [-0.39, 0.29) is 12.5 Å². The molecule has 1 heterocycles. The van der Waals surface area contributed by atoms with Gasteiger partial charge in [0.1, 0.15) is 11.3 Å². The Bertz CT molecular complexity index is 1320. The SMILES string of the molecule is Cc1cc(C)c(OCC(=O)Nc2cc(-c3nc4cc(C)cc(C)c4o3)ccc2Cl)c(Cl)c1. The summed E-state index contributed by atoms with van der Waals surface area (Å²) in [6.07, 6.45) is 0. The predicted molar refractivity (Wildman–Crippen MR) is 129 cm³/mol. The number of aromatic nitrogens is 1. The average molecular weight is 469 g/mol. The number of carbonyl (C=O) groups is 1. The summed E-state index contributed by atoms with van der Waals surface area (Å²) in [4.78, 5) is 17.1. The van der Waals surface area contributed by atoms with Crippen molar-refractivity contribution < 1.29 is 13.9 Å². The van der Waals surface area contributed by atoms with E-state index in [1.54, 1.807) is 24.3 Å². The molecule has 0 spiro atoms. The van der Waals surface area contributed by atoms with E-state index in [0.717, 1.165) is 33.4 Å². The van der Waals surface area contributed by atoms with Crippen molar-refractivity contribution in [1.82, 2.24) is 4.98 Å². The standard InChI is InChI=1S/C25H22Cl2N2O3/c1-13-7-15(3)23(19(27)9-13)31-12-22(30)28-20-11-17(5-6-18(20)26)25-29-21-10-14(2)8-16(4)24(21)32-25/h5-11H,12H2,1-4H3,(H,28,30). The van der Waals surface area contributed by atoms with E-state index < -0.39 is 0 Å². The molecule has 1 aromatic heterocycles. The molecule has 0 aliphatic carbocycles. The number of nitrogens with one attached hydrogen (secondary N) is 1. The predicted octanol–water partition coefficient (Wildman–Crippen LogP) is 7.05. The largest absolute Gasteiger partial charge is 0.482 e. The van der Waals surface area contributed by atoms with E-state index in [1.807, 2.05) is 45.9 Å². The van der Waals surface area contributed by atoms with E-state index in [4.69, 9.17) is 32.4 Å². The van der Waals surface area contributed by atoms with Gasteiger partial charge in [-0.25, -0.2) is 4.98 Å². The summed E-state index contributed by atoms with van der Waals surface area (Å²) in [7, 11) is 0. The number of hydrogen-bond donors (Lipinski definition) is 1. The van der Waals surface area contributed by atoms with Gasteiger partial charge in [-0.3, -0.25) is 4.79 Å². The fourth-order valence-electron chi connectivity index (χ4n) is 3.66. The van der Waals surface area contributed by atoms with Crippen molar-refractivity contribution in [2.75, 3.05) is 11.9 Å². The third-order valence-corrected chi connectivity index (χ3v) is 5.64. The lowest BCUT2D eigenvalue weighted by molar-refractivity contribution is -0.118. The molecule has 7 heteroatoms. The highest BCUT2D eigenvalue weighted by atomic mass is 35.5. The quantitative estimate of drug-likeness (QED) is 0.340. The number of rotatable bonds is 5. The minimum atomic E-state index is -0.357. The summed E-state index contributed by atoms with van der Waals surface area (Å²) in [5, 5.41) is 3.65. The van der Waals surface area contributed by atoms with Crippen LogP contribution in [-0.4, -0.2) is 17.5 Å². The van der Waals surface area contributed by atoms with Gasteiger partial charge in [-0.1, -0.05) is 35.3 Å². The lowest BCUT2D eigenvalue weighted by Gasteiger charge is -2.13. The van der Waals surface area contributed by atoms with Gasteiger partial charge in [-0.05, 0) is 80.3 Å². The molecule has 5 nitrogen and oxygen atoms in total. The maximum absolute atomic E-state index is 12.5. The average Bonchev–Trinajstić information content (AvgIpc) is 3.13. The number of aryl methyl sites for hydroxylation is 4. The minimum Gasteiger partial charge on any atom is -0.482 e. The number of oxazole rings is 1. The minimum absolute atomic E-state index is 0.203. The lowest BCUT2D eigenvalue weighted by atomic mass is 10.1. The molecule has 0 aliphatic heterocycles. The molecule has 1 N–H and O–H groups in total. The van der Waals surface area contributed by atoms with Crippen LogP contribution >= 0.6 is 23.2 Å². The zero-order valence-corrected chi connectivity index (χ0v) is 19.7. The Balaban J connectivity index is 1.53. The molecule has 4 rings (SSSR count). The van der Waals surface area contributed by atoms with Crippen molar-refractivity contribution in [3.63, 3.8) is 0 Å². The second-order valence-corrected chi connectivity index (χ2v) is 8.69. The van der Waals surface area contributed by atoms with Crippen LogP contribution in [0.15, 0.2) is 46.9 Å². The molecule has 1 amide bonds. The second-order valence-electron chi connectivity index (χ2n) is 7.87. The van der Waals surface area contributed by atoms with Gasteiger partial charge < -0.3 is 14.5 Å². The van der Waals surface area contributed by atoms with Crippen molar-refractivity contribution in [2.45, 2.75) is 27.7 Å². The Morgan fingerprint density at radius 2 is 1.69 bits per heavy atom. The summed E-state index contributed by atoms with van der Waals surface area (Å²) in [5.41, 5.74) is 6.70. The molecule has 0 saturated heterocycles. The number of amides is 1. The summed E-state index contributed by atoms with van der Waals surface area (Å²) in [6, 6.07) is 13.0. The van der Waals surface area contributed by atoms with Crippen LogP contribution in [0.3, 0.4) is 0 Å². The van der Waals surface area contributed by atoms with Crippen LogP contribution < -0.4 is 10.1 Å². The van der Waals surface area contributed by atoms with Crippen LogP contribution in [0.2, 0.25) is 10.0 Å². The van der Waals surface area contributed by atoms with Crippen molar-refractivity contribution in [1.29, 1.82) is 0 Å². The second kappa shape index (κ2) is 8.85. The molecule has 0 fully saturated rings. The van der Waals surface area contributed by atoms with Crippen molar-refractivity contribution in [3.05, 3.63) is 74.8 Å². The van der Waals surface area contributed by atoms with E-state index >= 15 is 0 Å². The number of anilines is 1. The highest BCUT2D eigenvalue weighted by Gasteiger charge is 2.15. The molecular weight excluding hydrogens is 447 g/mol. The Labute approximate surface area is 196 Å². The molecule has 0 atom stereocenters. The van der Waals surface area contributed by atoms with Crippen LogP contribution in [0.1, 0.15) is 22.3 Å². The van der Waals surface area contributed by atoms with E-state index in [0.29, 0.717) is 32.9 Å². The smallest absolute Gasteiger partial charge is 0.262 e. The fourth-order valence-corrected chi connectivity index (χ4v) is 4.20. The van der Waals surface area contributed by atoms with Crippen molar-refractivity contribution >= 4 is 45.9 Å². The summed E-state index contributed by atoms with van der Waals surface area (Å²) < 4.78 is 11.6. The van der Waals surface area contributed by atoms with E-state index in [2.05, 4.69) is 10.3 Å². The first-order chi connectivity index (χ1) is 15.2. The van der Waals surface area contributed by atoms with Crippen LogP contribution in [0.4, 0.5) is 5.69 Å². The van der Waals surface area contributed by atoms with Crippen LogP contribution in [0.5, 0.6) is 5.75 Å². The molecule has 0 radical (unpaired) electrons. The zero-order valence-electron chi connectivity index (χ0n) is 18.2. The molecule has 32 heavy (non-hydrogen) atoms. The maximum Gasteiger partial charge on any atom is 0.262 e. The number of hydrogen-bond acceptors (Lipinski definition) is 4. The number of fused-ring (bicyclic) bond motifs is 1. The topological polar surface area (TPSA) is 64.4 Å². The van der Waals surface area contributed by atoms with Gasteiger partial charge in [0.25, 0.3) is 5.91 Å². The molecule has 0 bridgehead atoms. The summed E-state index contributed by atoms with van der Waals surface area (Å²) in [5.74, 6) is 0.590. The number of benzene rings is 3. The van der Waals surface area contributed by atoms with E-state index in [9.17, 15) is 4.79 Å². The number of ether oxygens (including phenoxy) is 1. The molecule has 0 unspecified atom stereocenters. The molecule has 4 aromatic rings. The Morgan fingerprint density at radius 1 is 0.969 bits per heavy atom. The maximum atomic E-state index is 12.5. The fraction of sp³-hybridized carbons (Fsp3) is 0.200. The zero-order chi connectivity index (χ0) is 23.0. The Hall–Kier alpha value is -3.02. The van der Waals surface area contributed by atoms with Gasteiger partial charge >= 0.3 is 0 Å². The van der Waals surface area contributed by atoms with Gasteiger partial charge in [-0.15, -0.1) is 0 Å². The number of nitrogens with zero attached hydrogens (tertiary/aromatic N) is 1. The van der Waals surface area contributed by atoms with Gasteiger partial charge in [0.15, 0.2) is 12.2 Å². The first-order valence-electron chi connectivity index (χ1n) is 10.1. The molecule has 0 aliphatic rings. The van der Waals surface area contributed by atoms with Crippen LogP contribution in [0, 0.1) is 27.7 Å². The van der Waals surface area contributed by atoms with Crippen LogP contribution in [0.25, 0.3) is 22.6 Å². The van der Waals surface area contributed by atoms with Gasteiger partial charge in [-0.2, -0.15) is 0 Å². The van der Waals surface area contributed by atoms with Gasteiger partial charge in [0.05, 0.1) is 15.7 Å². The molecule has 3 aromatic carbocycles. The Kier molecular flexibility index (Phi) is 6.13. The normalized spacial score (nSPS) is 11.1. The highest BCUT2D eigenvalue weighted by Crippen LogP contribution is 2.32. The summed E-state index contributed by atoms with van der Waals surface area (Å²) in [6.45, 7) is 7.63. The third kappa shape index (κ3) is 4.59. The number of carbonyl (C=O) groups excluding carboxylic acids is 1. The van der Waals surface area contributed by atoms with E-state index in [1.165, 1.54) is 0 Å². The third-order valence-electron chi connectivity index (χ3n) is 5.03. The van der Waals surface area contributed by atoms with Crippen molar-refractivity contribution in [2.24, 2.45) is 0 Å². The van der Waals surface area contributed by atoms with Crippen molar-refractivity contribution in [3.8, 4) is 17.2 Å². The molecule has 0 saturated carbocycles. The Morgan fingerprint density at radius 3 is 2.44 bits per heavy atom.